The van der Waals surface area contributed by atoms with Crippen molar-refractivity contribution in [3.05, 3.63) is 11.4 Å². The minimum Gasteiger partial charge on any atom is -0.388 e. The number of rotatable bonds is 6. The fourth-order valence-electron chi connectivity index (χ4n) is 1.73. The molecule has 1 aromatic heterocycles. The number of hydrogen-bond donors (Lipinski definition) is 3. The monoisotopic (exact) mass is 296 g/mol. The highest BCUT2D eigenvalue weighted by Crippen LogP contribution is 2.25. The van der Waals surface area contributed by atoms with Crippen LogP contribution in [0.3, 0.4) is 0 Å². The maximum Gasteiger partial charge on any atom is 0.138 e. The van der Waals surface area contributed by atoms with E-state index < -0.39 is 5.60 Å². The van der Waals surface area contributed by atoms with E-state index in [1.165, 1.54) is 0 Å². The molecule has 21 heavy (non-hydrogen) atoms. The van der Waals surface area contributed by atoms with Gasteiger partial charge in [-0.2, -0.15) is 0 Å². The van der Waals surface area contributed by atoms with Crippen LogP contribution in [0.1, 0.15) is 45.5 Å². The topological polar surface area (TPSA) is 93.3 Å². The second-order valence-electron chi connectivity index (χ2n) is 6.75. The molecule has 0 saturated carbocycles. The standard InChI is InChI=1S/C15H28N4O2/c1-10-11(16)18-13(14(2,3)4)19-12(10)17-9-15(5,20)7-8-21-6/h20H,7-9H2,1-6H3,(H3,16,17,18,19). The van der Waals surface area contributed by atoms with Gasteiger partial charge in [0.1, 0.15) is 17.5 Å². The van der Waals surface area contributed by atoms with Crippen molar-refractivity contribution in [2.75, 3.05) is 31.3 Å². The number of ether oxygens (including phenoxy) is 1. The molecule has 120 valence electrons. The molecule has 1 rings (SSSR count). The summed E-state index contributed by atoms with van der Waals surface area (Å²) in [5.74, 6) is 1.82. The molecule has 1 aromatic rings. The van der Waals surface area contributed by atoms with Crippen LogP contribution < -0.4 is 11.1 Å². The first-order valence-corrected chi connectivity index (χ1v) is 7.16. The Kier molecular flexibility index (Phi) is 5.53. The number of anilines is 2. The maximum absolute atomic E-state index is 10.3. The fraction of sp³-hybridized carbons (Fsp3) is 0.733. The van der Waals surface area contributed by atoms with Gasteiger partial charge in [-0.3, -0.25) is 0 Å². The van der Waals surface area contributed by atoms with Crippen molar-refractivity contribution in [2.45, 2.75) is 52.1 Å². The maximum atomic E-state index is 10.3. The molecule has 0 bridgehead atoms. The van der Waals surface area contributed by atoms with Crippen molar-refractivity contribution in [2.24, 2.45) is 0 Å². The van der Waals surface area contributed by atoms with Gasteiger partial charge in [-0.15, -0.1) is 0 Å². The summed E-state index contributed by atoms with van der Waals surface area (Å²) in [6, 6.07) is 0. The number of nitrogens with zero attached hydrogens (tertiary/aromatic N) is 2. The molecule has 0 spiro atoms. The zero-order chi connectivity index (χ0) is 16.3. The third-order valence-electron chi connectivity index (χ3n) is 3.34. The lowest BCUT2D eigenvalue weighted by Crippen LogP contribution is -2.35. The SMILES string of the molecule is COCCC(C)(O)CNc1nc(C(C)(C)C)nc(N)c1C. The van der Waals surface area contributed by atoms with Gasteiger partial charge in [-0.05, 0) is 13.8 Å². The van der Waals surface area contributed by atoms with Gasteiger partial charge in [0.15, 0.2) is 0 Å². The van der Waals surface area contributed by atoms with Crippen molar-refractivity contribution in [3.63, 3.8) is 0 Å². The first kappa shape index (κ1) is 17.7. The summed E-state index contributed by atoms with van der Waals surface area (Å²) in [5.41, 5.74) is 5.71. The first-order valence-electron chi connectivity index (χ1n) is 7.16. The summed E-state index contributed by atoms with van der Waals surface area (Å²) in [6.07, 6.45) is 0.544. The third-order valence-corrected chi connectivity index (χ3v) is 3.34. The van der Waals surface area contributed by atoms with E-state index in [1.54, 1.807) is 14.0 Å². The lowest BCUT2D eigenvalue weighted by Gasteiger charge is -2.25. The molecule has 6 heteroatoms. The minimum absolute atomic E-state index is 0.184. The molecular formula is C15H28N4O2. The quantitative estimate of drug-likeness (QED) is 0.742. The Morgan fingerprint density at radius 3 is 2.38 bits per heavy atom. The van der Waals surface area contributed by atoms with Crippen molar-refractivity contribution in [3.8, 4) is 0 Å². The van der Waals surface area contributed by atoms with E-state index in [4.69, 9.17) is 10.5 Å². The molecule has 1 heterocycles. The Bertz CT molecular complexity index is 481. The van der Waals surface area contributed by atoms with Gasteiger partial charge in [0.25, 0.3) is 0 Å². The number of methoxy groups -OCH3 is 1. The van der Waals surface area contributed by atoms with Crippen LogP contribution in [0.4, 0.5) is 11.6 Å². The lowest BCUT2D eigenvalue weighted by atomic mass is 9.95. The molecule has 1 atom stereocenters. The van der Waals surface area contributed by atoms with Gasteiger partial charge in [0.05, 0.1) is 5.60 Å². The third kappa shape index (κ3) is 5.13. The summed E-state index contributed by atoms with van der Waals surface area (Å²) in [4.78, 5) is 8.89. The molecule has 4 N–H and O–H groups in total. The van der Waals surface area contributed by atoms with Gasteiger partial charge in [0.2, 0.25) is 0 Å². The molecule has 0 saturated heterocycles. The van der Waals surface area contributed by atoms with Crippen LogP contribution in [0, 0.1) is 6.92 Å². The molecular weight excluding hydrogens is 268 g/mol. The zero-order valence-electron chi connectivity index (χ0n) is 13.9. The second kappa shape index (κ2) is 6.58. The summed E-state index contributed by atoms with van der Waals surface area (Å²) >= 11 is 0. The number of nitrogen functional groups attached to an aromatic ring is 1. The number of aliphatic hydroxyl groups is 1. The average Bonchev–Trinajstić information content (AvgIpc) is 2.37. The van der Waals surface area contributed by atoms with E-state index in [2.05, 4.69) is 15.3 Å². The molecule has 0 radical (unpaired) electrons. The van der Waals surface area contributed by atoms with Gasteiger partial charge < -0.3 is 20.9 Å². The van der Waals surface area contributed by atoms with E-state index >= 15 is 0 Å². The normalized spacial score (nSPS) is 14.8. The predicted molar refractivity (Wildman–Crippen MR) is 85.5 cm³/mol. The fourth-order valence-corrected chi connectivity index (χ4v) is 1.73. The van der Waals surface area contributed by atoms with Gasteiger partial charge >= 0.3 is 0 Å². The van der Waals surface area contributed by atoms with E-state index in [-0.39, 0.29) is 5.41 Å². The van der Waals surface area contributed by atoms with Crippen molar-refractivity contribution in [1.29, 1.82) is 0 Å². The minimum atomic E-state index is -0.871. The molecule has 6 nitrogen and oxygen atoms in total. The highest BCUT2D eigenvalue weighted by Gasteiger charge is 2.23. The van der Waals surface area contributed by atoms with E-state index in [0.29, 0.717) is 37.0 Å². The number of hydrogen-bond acceptors (Lipinski definition) is 6. The number of nitrogens with two attached hydrogens (primary N) is 1. The van der Waals surface area contributed by atoms with Crippen LogP contribution in [0.2, 0.25) is 0 Å². The molecule has 0 aromatic carbocycles. The number of nitrogens with one attached hydrogen (secondary N) is 1. The van der Waals surface area contributed by atoms with Crippen LogP contribution in [-0.4, -0.2) is 40.9 Å². The summed E-state index contributed by atoms with van der Waals surface area (Å²) in [6.45, 7) is 10.6. The van der Waals surface area contributed by atoms with Crippen molar-refractivity contribution >= 4 is 11.6 Å². The highest BCUT2D eigenvalue weighted by molar-refractivity contribution is 5.55. The Labute approximate surface area is 127 Å². The second-order valence-corrected chi connectivity index (χ2v) is 6.75. The van der Waals surface area contributed by atoms with Crippen LogP contribution in [-0.2, 0) is 10.2 Å². The summed E-state index contributed by atoms with van der Waals surface area (Å²) in [5, 5.41) is 13.5. The predicted octanol–water partition coefficient (Wildman–Crippen LogP) is 1.86. The highest BCUT2D eigenvalue weighted by atomic mass is 16.5. The van der Waals surface area contributed by atoms with E-state index in [9.17, 15) is 5.11 Å². The molecule has 0 fully saturated rings. The van der Waals surface area contributed by atoms with E-state index in [1.807, 2.05) is 27.7 Å². The van der Waals surface area contributed by atoms with Gasteiger partial charge in [-0.1, -0.05) is 20.8 Å². The van der Waals surface area contributed by atoms with Crippen molar-refractivity contribution < 1.29 is 9.84 Å². The summed E-state index contributed by atoms with van der Waals surface area (Å²) < 4.78 is 5.00. The van der Waals surface area contributed by atoms with Crippen LogP contribution in [0.5, 0.6) is 0 Å². The number of aromatic nitrogens is 2. The molecule has 1 unspecified atom stereocenters. The Hall–Kier alpha value is -1.40. The first-order chi connectivity index (χ1) is 9.57. The summed E-state index contributed by atoms with van der Waals surface area (Å²) in [7, 11) is 1.62. The molecule has 0 amide bonds. The van der Waals surface area contributed by atoms with Crippen LogP contribution >= 0.6 is 0 Å². The molecule has 0 aliphatic carbocycles. The van der Waals surface area contributed by atoms with Crippen molar-refractivity contribution in [1.82, 2.24) is 9.97 Å². The zero-order valence-corrected chi connectivity index (χ0v) is 13.9. The van der Waals surface area contributed by atoms with Gasteiger partial charge in [-0.25, -0.2) is 9.97 Å². The van der Waals surface area contributed by atoms with Crippen LogP contribution in [0.25, 0.3) is 0 Å². The lowest BCUT2D eigenvalue weighted by molar-refractivity contribution is 0.0357. The molecule has 0 aliphatic heterocycles. The van der Waals surface area contributed by atoms with Crippen LogP contribution in [0.15, 0.2) is 0 Å². The smallest absolute Gasteiger partial charge is 0.138 e. The Balaban J connectivity index is 2.90. The Morgan fingerprint density at radius 1 is 1.24 bits per heavy atom. The average molecular weight is 296 g/mol. The Morgan fingerprint density at radius 2 is 1.86 bits per heavy atom. The largest absolute Gasteiger partial charge is 0.388 e. The molecule has 0 aliphatic rings. The van der Waals surface area contributed by atoms with E-state index in [0.717, 1.165) is 5.56 Å². The van der Waals surface area contributed by atoms with Gasteiger partial charge in [0, 0.05) is 37.7 Å².